The van der Waals surface area contributed by atoms with E-state index in [1.165, 1.54) is 19.8 Å². The van der Waals surface area contributed by atoms with Crippen LogP contribution in [0.15, 0.2) is 54.6 Å². The quantitative estimate of drug-likeness (QED) is 0.603. The largest absolute Gasteiger partial charge is 0.497 e. The molecule has 0 aromatic heterocycles. The molecule has 3 aliphatic rings. The number of methoxy groups -OCH3 is 1. The molecular weight excluding hydrogens is 440 g/mol. The van der Waals surface area contributed by atoms with Crippen LogP contribution in [-0.4, -0.2) is 55.2 Å². The molecule has 3 atom stereocenters. The third-order valence-corrected chi connectivity index (χ3v) is 8.24. The number of nitrogens with one attached hydrogen (secondary N) is 1. The van der Waals surface area contributed by atoms with Crippen molar-refractivity contribution in [2.24, 2.45) is 5.92 Å². The van der Waals surface area contributed by atoms with Gasteiger partial charge in [-0.2, -0.15) is 0 Å². The molecule has 0 spiro atoms. The van der Waals surface area contributed by atoms with Crippen LogP contribution in [0, 0.1) is 5.92 Å². The van der Waals surface area contributed by atoms with E-state index in [-0.39, 0.29) is 17.9 Å². The maximum absolute atomic E-state index is 13.0. The Labute approximate surface area is 208 Å². The summed E-state index contributed by atoms with van der Waals surface area (Å²) < 4.78 is 11.9. The van der Waals surface area contributed by atoms with E-state index in [9.17, 15) is 9.59 Å². The molecule has 2 aliphatic carbocycles. The number of piperidine rings is 1. The lowest BCUT2D eigenvalue weighted by molar-refractivity contribution is -0.186. The summed E-state index contributed by atoms with van der Waals surface area (Å²) in [5.74, 6) is 1.28. The number of hydrogen-bond acceptors (Lipinski definition) is 5. The van der Waals surface area contributed by atoms with Crippen LogP contribution in [-0.2, 0) is 14.9 Å². The first-order valence-corrected chi connectivity index (χ1v) is 12.9. The van der Waals surface area contributed by atoms with E-state index in [0.717, 1.165) is 56.1 Å². The van der Waals surface area contributed by atoms with Crippen LogP contribution in [0.25, 0.3) is 0 Å². The van der Waals surface area contributed by atoms with Crippen LogP contribution in [0.2, 0.25) is 0 Å². The van der Waals surface area contributed by atoms with Gasteiger partial charge in [0.15, 0.2) is 0 Å². The molecule has 2 saturated carbocycles. The van der Waals surface area contributed by atoms with Gasteiger partial charge in [0.05, 0.1) is 7.11 Å². The first-order valence-electron chi connectivity index (χ1n) is 12.9. The zero-order valence-corrected chi connectivity index (χ0v) is 20.8. The number of benzene rings is 2. The second kappa shape index (κ2) is 9.65. The molecule has 6 heteroatoms. The highest BCUT2D eigenvalue weighted by Crippen LogP contribution is 2.54. The van der Waals surface area contributed by atoms with Gasteiger partial charge in [-0.25, -0.2) is 0 Å². The molecule has 35 heavy (non-hydrogen) atoms. The van der Waals surface area contributed by atoms with Crippen LogP contribution in [0.5, 0.6) is 5.75 Å². The number of ether oxygens (including phenoxy) is 2. The van der Waals surface area contributed by atoms with E-state index < -0.39 is 11.0 Å². The Bertz CT molecular complexity index is 1070. The number of likely N-dealkylation sites (tertiary alicyclic amines) is 1. The van der Waals surface area contributed by atoms with Gasteiger partial charge in [0, 0.05) is 37.0 Å². The van der Waals surface area contributed by atoms with Crippen molar-refractivity contribution in [1.29, 1.82) is 0 Å². The predicted octanol–water partition coefficient (Wildman–Crippen LogP) is 4.33. The highest BCUT2D eigenvalue weighted by molar-refractivity contribution is 5.94. The fourth-order valence-electron chi connectivity index (χ4n) is 6.41. The zero-order valence-electron chi connectivity index (χ0n) is 20.8. The second-order valence-electron chi connectivity index (χ2n) is 10.6. The molecule has 2 unspecified atom stereocenters. The summed E-state index contributed by atoms with van der Waals surface area (Å²) in [6.45, 7) is 4.29. The zero-order chi connectivity index (χ0) is 24.5. The number of carbonyl (C=O) groups excluding carboxylic acids is 2. The third-order valence-electron chi connectivity index (χ3n) is 8.24. The average Bonchev–Trinajstić information content (AvgIpc) is 3.68. The van der Waals surface area contributed by atoms with Gasteiger partial charge >= 0.3 is 5.97 Å². The molecule has 186 valence electrons. The molecule has 6 nitrogen and oxygen atoms in total. The number of esters is 1. The highest BCUT2D eigenvalue weighted by Gasteiger charge is 2.61. The lowest BCUT2D eigenvalue weighted by Gasteiger charge is -2.59. The number of rotatable bonds is 7. The van der Waals surface area contributed by atoms with Crippen LogP contribution >= 0.6 is 0 Å². The van der Waals surface area contributed by atoms with Crippen LogP contribution in [0.3, 0.4) is 0 Å². The van der Waals surface area contributed by atoms with Crippen molar-refractivity contribution in [2.75, 3.05) is 26.7 Å². The summed E-state index contributed by atoms with van der Waals surface area (Å²) in [6, 6.07) is 17.6. The van der Waals surface area contributed by atoms with Crippen molar-refractivity contribution in [1.82, 2.24) is 10.2 Å². The average molecular weight is 477 g/mol. The minimum absolute atomic E-state index is 0.00688. The summed E-state index contributed by atoms with van der Waals surface area (Å²) in [5.41, 5.74) is 0.758. The van der Waals surface area contributed by atoms with E-state index in [2.05, 4.69) is 22.3 Å². The Hall–Kier alpha value is -2.86. The van der Waals surface area contributed by atoms with Crippen molar-refractivity contribution >= 4 is 11.9 Å². The van der Waals surface area contributed by atoms with Crippen LogP contribution in [0.1, 0.15) is 61.4 Å². The fourth-order valence-corrected chi connectivity index (χ4v) is 6.41. The molecule has 3 fully saturated rings. The lowest BCUT2D eigenvalue weighted by Crippen LogP contribution is -2.68. The van der Waals surface area contributed by atoms with Crippen molar-refractivity contribution in [3.63, 3.8) is 0 Å². The summed E-state index contributed by atoms with van der Waals surface area (Å²) in [4.78, 5) is 28.0. The van der Waals surface area contributed by atoms with Crippen molar-refractivity contribution in [3.05, 3.63) is 65.7 Å². The maximum atomic E-state index is 13.0. The Kier molecular flexibility index (Phi) is 6.58. The SMILES string of the molecule is COc1cccc(C23CCN(CC4CC4)CC2(OC(C)=O)CC[C@@H](NC(=O)c2ccccc2)C3)c1. The minimum atomic E-state index is -0.633. The molecule has 1 N–H and O–H groups in total. The molecule has 2 aromatic rings. The maximum Gasteiger partial charge on any atom is 0.303 e. The van der Waals surface area contributed by atoms with E-state index in [4.69, 9.17) is 9.47 Å². The van der Waals surface area contributed by atoms with Gasteiger partial charge in [-0.3, -0.25) is 14.5 Å². The monoisotopic (exact) mass is 476 g/mol. The normalized spacial score (nSPS) is 28.6. The fraction of sp³-hybridized carbons (Fsp3) is 0.517. The molecule has 1 amide bonds. The highest BCUT2D eigenvalue weighted by atomic mass is 16.6. The van der Waals surface area contributed by atoms with Gasteiger partial charge in [0.25, 0.3) is 5.91 Å². The molecule has 1 aliphatic heterocycles. The van der Waals surface area contributed by atoms with Gasteiger partial charge in [-0.05, 0) is 80.8 Å². The van der Waals surface area contributed by atoms with Crippen LogP contribution in [0.4, 0.5) is 0 Å². The second-order valence-corrected chi connectivity index (χ2v) is 10.6. The molecule has 1 saturated heterocycles. The van der Waals surface area contributed by atoms with Gasteiger partial charge in [-0.1, -0.05) is 30.3 Å². The first-order chi connectivity index (χ1) is 16.9. The summed E-state index contributed by atoms with van der Waals surface area (Å²) in [7, 11) is 1.68. The van der Waals surface area contributed by atoms with Crippen molar-refractivity contribution in [3.8, 4) is 5.75 Å². The van der Waals surface area contributed by atoms with Crippen LogP contribution < -0.4 is 10.1 Å². The van der Waals surface area contributed by atoms with E-state index in [0.29, 0.717) is 12.0 Å². The number of amides is 1. The predicted molar refractivity (Wildman–Crippen MR) is 134 cm³/mol. The molecule has 5 rings (SSSR count). The van der Waals surface area contributed by atoms with Gasteiger partial charge in [-0.15, -0.1) is 0 Å². The van der Waals surface area contributed by atoms with E-state index in [1.54, 1.807) is 7.11 Å². The van der Waals surface area contributed by atoms with Crippen molar-refractivity contribution < 1.29 is 19.1 Å². The minimum Gasteiger partial charge on any atom is -0.497 e. The first kappa shape index (κ1) is 23.9. The number of hydrogen-bond donors (Lipinski definition) is 1. The Morgan fingerprint density at radius 3 is 2.57 bits per heavy atom. The Morgan fingerprint density at radius 1 is 1.06 bits per heavy atom. The number of nitrogens with zero attached hydrogens (tertiary/aromatic N) is 1. The molecule has 0 radical (unpaired) electrons. The lowest BCUT2D eigenvalue weighted by atomic mass is 9.55. The summed E-state index contributed by atoms with van der Waals surface area (Å²) >= 11 is 0. The van der Waals surface area contributed by atoms with Gasteiger partial charge in [0.2, 0.25) is 0 Å². The number of fused-ring (bicyclic) bond motifs is 1. The standard InChI is InChI=1S/C29H36N2O4/c1-21(32)35-29-14-13-25(30-27(33)23-7-4-3-5-8-23)18-28(29,24-9-6-10-26(17-24)34-2)15-16-31(20-29)19-22-11-12-22/h3-10,17,22,25H,11-16,18-20H2,1-2H3,(H,30,33)/t25-,28?,29?/m1/s1. The number of carbonyl (C=O) groups is 2. The molecule has 2 aromatic carbocycles. The summed E-state index contributed by atoms with van der Waals surface area (Å²) in [6.07, 6.45) is 5.68. The summed E-state index contributed by atoms with van der Waals surface area (Å²) in [5, 5.41) is 3.29. The Morgan fingerprint density at radius 2 is 1.86 bits per heavy atom. The smallest absolute Gasteiger partial charge is 0.303 e. The molecule has 0 bridgehead atoms. The topological polar surface area (TPSA) is 67.9 Å². The molecule has 1 heterocycles. The van der Waals surface area contributed by atoms with E-state index >= 15 is 0 Å². The van der Waals surface area contributed by atoms with E-state index in [1.807, 2.05) is 42.5 Å². The Balaban J connectivity index is 1.50. The van der Waals surface area contributed by atoms with Gasteiger partial charge in [0.1, 0.15) is 11.4 Å². The third kappa shape index (κ3) is 4.81. The molecular formula is C29H36N2O4. The van der Waals surface area contributed by atoms with Crippen molar-refractivity contribution in [2.45, 2.75) is 62.5 Å². The van der Waals surface area contributed by atoms with Gasteiger partial charge < -0.3 is 14.8 Å².